The molecule has 2 aromatic carbocycles. The summed E-state index contributed by atoms with van der Waals surface area (Å²) < 4.78 is 2.04. The molecule has 0 saturated heterocycles. The number of hydrogen-bond donors (Lipinski definition) is 1. The van der Waals surface area contributed by atoms with Gasteiger partial charge in [-0.3, -0.25) is 9.59 Å². The standard InChI is InChI=1S/C26H26N4O2S/c31-25(29-16-6-9-19-8-1-3-11-21(19)29)18-30-22-12-4-2-10-20(22)28-24(30)14-5-15-27-26(32)23-13-7-17-33-23/h1-4,7-8,10-13,17H,5-6,9,14-16,18H2,(H,27,32). The monoisotopic (exact) mass is 458 g/mol. The van der Waals surface area contributed by atoms with Crippen LogP contribution in [0.3, 0.4) is 0 Å². The molecule has 5 rings (SSSR count). The molecule has 0 fully saturated rings. The van der Waals surface area contributed by atoms with Gasteiger partial charge in [-0.2, -0.15) is 0 Å². The predicted molar refractivity (Wildman–Crippen MR) is 132 cm³/mol. The summed E-state index contributed by atoms with van der Waals surface area (Å²) in [5.41, 5.74) is 4.11. The molecule has 0 unspecified atom stereocenters. The number of aryl methyl sites for hydroxylation is 2. The van der Waals surface area contributed by atoms with Crippen molar-refractivity contribution in [2.45, 2.75) is 32.2 Å². The van der Waals surface area contributed by atoms with E-state index in [4.69, 9.17) is 4.98 Å². The first-order chi connectivity index (χ1) is 16.2. The molecule has 168 valence electrons. The van der Waals surface area contributed by atoms with Gasteiger partial charge in [-0.1, -0.05) is 36.4 Å². The third kappa shape index (κ3) is 4.54. The number of nitrogens with one attached hydrogen (secondary N) is 1. The van der Waals surface area contributed by atoms with Crippen molar-refractivity contribution in [1.82, 2.24) is 14.9 Å². The number of anilines is 1. The molecule has 0 atom stereocenters. The maximum Gasteiger partial charge on any atom is 0.261 e. The third-order valence-electron chi connectivity index (χ3n) is 6.05. The van der Waals surface area contributed by atoms with E-state index >= 15 is 0 Å². The number of benzene rings is 2. The minimum atomic E-state index is -0.0440. The van der Waals surface area contributed by atoms with Crippen molar-refractivity contribution < 1.29 is 9.59 Å². The van der Waals surface area contributed by atoms with Gasteiger partial charge in [0.05, 0.1) is 15.9 Å². The molecule has 4 aromatic rings. The fraction of sp³-hybridized carbons (Fsp3) is 0.269. The van der Waals surface area contributed by atoms with Crippen LogP contribution < -0.4 is 10.2 Å². The van der Waals surface area contributed by atoms with E-state index in [2.05, 4.69) is 11.4 Å². The van der Waals surface area contributed by atoms with Crippen LogP contribution in [0.2, 0.25) is 0 Å². The first-order valence-corrected chi connectivity index (χ1v) is 12.2. The quantitative estimate of drug-likeness (QED) is 0.417. The number of rotatable bonds is 7. The zero-order valence-electron chi connectivity index (χ0n) is 18.4. The second-order valence-corrected chi connectivity index (χ2v) is 9.16. The number of nitrogens with zero attached hydrogens (tertiary/aromatic N) is 3. The van der Waals surface area contributed by atoms with Crippen LogP contribution in [0.1, 0.15) is 33.9 Å². The Morgan fingerprint density at radius 1 is 1.03 bits per heavy atom. The summed E-state index contributed by atoms with van der Waals surface area (Å²) in [7, 11) is 0. The largest absolute Gasteiger partial charge is 0.351 e. The summed E-state index contributed by atoms with van der Waals surface area (Å²) in [6.07, 6.45) is 3.42. The molecule has 7 heteroatoms. The minimum absolute atomic E-state index is 0.0440. The van der Waals surface area contributed by atoms with Crippen LogP contribution in [0.4, 0.5) is 5.69 Å². The Bertz CT molecular complexity index is 1280. The molecule has 1 N–H and O–H groups in total. The van der Waals surface area contributed by atoms with Crippen molar-refractivity contribution in [3.05, 3.63) is 82.3 Å². The van der Waals surface area contributed by atoms with E-state index in [0.29, 0.717) is 13.0 Å². The molecule has 2 amide bonds. The fourth-order valence-electron chi connectivity index (χ4n) is 4.45. The zero-order valence-corrected chi connectivity index (χ0v) is 19.2. The molecule has 6 nitrogen and oxygen atoms in total. The van der Waals surface area contributed by atoms with E-state index in [-0.39, 0.29) is 18.4 Å². The van der Waals surface area contributed by atoms with Gasteiger partial charge < -0.3 is 14.8 Å². The molecule has 0 bridgehead atoms. The Morgan fingerprint density at radius 3 is 2.76 bits per heavy atom. The van der Waals surface area contributed by atoms with Gasteiger partial charge in [0.2, 0.25) is 5.91 Å². The number of amides is 2. The van der Waals surface area contributed by atoms with Gasteiger partial charge in [-0.15, -0.1) is 11.3 Å². The average Bonchev–Trinajstić information content (AvgIpc) is 3.50. The van der Waals surface area contributed by atoms with Crippen molar-refractivity contribution in [1.29, 1.82) is 0 Å². The lowest BCUT2D eigenvalue weighted by Crippen LogP contribution is -2.38. The lowest BCUT2D eigenvalue weighted by atomic mass is 10.0. The normalized spacial score (nSPS) is 13.2. The van der Waals surface area contributed by atoms with Crippen molar-refractivity contribution in [2.75, 3.05) is 18.0 Å². The summed E-state index contributed by atoms with van der Waals surface area (Å²) in [6.45, 7) is 1.56. The number of imidazole rings is 1. The van der Waals surface area contributed by atoms with Crippen LogP contribution in [-0.4, -0.2) is 34.5 Å². The van der Waals surface area contributed by atoms with E-state index in [1.165, 1.54) is 16.9 Å². The Balaban J connectivity index is 1.31. The lowest BCUT2D eigenvalue weighted by molar-refractivity contribution is -0.119. The van der Waals surface area contributed by atoms with Gasteiger partial charge in [0, 0.05) is 25.2 Å². The molecule has 3 heterocycles. The molecule has 1 aliphatic rings. The Hall–Kier alpha value is -3.45. The summed E-state index contributed by atoms with van der Waals surface area (Å²) >= 11 is 1.44. The molecule has 2 aromatic heterocycles. The smallest absolute Gasteiger partial charge is 0.261 e. The molecule has 0 aliphatic carbocycles. The van der Waals surface area contributed by atoms with Crippen LogP contribution in [0, 0.1) is 0 Å². The van der Waals surface area contributed by atoms with E-state index < -0.39 is 0 Å². The van der Waals surface area contributed by atoms with Crippen molar-refractivity contribution in [3.8, 4) is 0 Å². The molecular formula is C26H26N4O2S. The SMILES string of the molecule is O=C(NCCCc1nc2ccccc2n1CC(=O)N1CCCc2ccccc21)c1cccs1. The molecule has 0 spiro atoms. The van der Waals surface area contributed by atoms with Crippen LogP contribution in [0.15, 0.2) is 66.0 Å². The molecular weight excluding hydrogens is 432 g/mol. The second kappa shape index (κ2) is 9.58. The molecule has 33 heavy (non-hydrogen) atoms. The number of para-hydroxylation sites is 3. The summed E-state index contributed by atoms with van der Waals surface area (Å²) in [6, 6.07) is 19.8. The topological polar surface area (TPSA) is 67.2 Å². The van der Waals surface area contributed by atoms with Gasteiger partial charge in [0.15, 0.2) is 0 Å². The number of carbonyl (C=O) groups excluding carboxylic acids is 2. The highest BCUT2D eigenvalue weighted by Gasteiger charge is 2.23. The van der Waals surface area contributed by atoms with E-state index in [9.17, 15) is 9.59 Å². The summed E-state index contributed by atoms with van der Waals surface area (Å²) in [5.74, 6) is 0.912. The van der Waals surface area contributed by atoms with Crippen LogP contribution in [0.5, 0.6) is 0 Å². The first-order valence-electron chi connectivity index (χ1n) is 11.3. The first kappa shape index (κ1) is 21.4. The Kier molecular flexibility index (Phi) is 6.21. The highest BCUT2D eigenvalue weighted by molar-refractivity contribution is 7.12. The van der Waals surface area contributed by atoms with Crippen LogP contribution in [-0.2, 0) is 24.2 Å². The van der Waals surface area contributed by atoms with Crippen LogP contribution >= 0.6 is 11.3 Å². The van der Waals surface area contributed by atoms with Crippen molar-refractivity contribution in [3.63, 3.8) is 0 Å². The van der Waals surface area contributed by atoms with Gasteiger partial charge in [-0.25, -0.2) is 4.98 Å². The van der Waals surface area contributed by atoms with Gasteiger partial charge in [-0.05, 0) is 54.5 Å². The predicted octanol–water partition coefficient (Wildman–Crippen LogP) is 4.44. The van der Waals surface area contributed by atoms with E-state index in [1.807, 2.05) is 69.4 Å². The maximum absolute atomic E-state index is 13.4. The number of hydrogen-bond acceptors (Lipinski definition) is 4. The summed E-state index contributed by atoms with van der Waals surface area (Å²) in [4.78, 5) is 33.0. The zero-order chi connectivity index (χ0) is 22.6. The number of aromatic nitrogens is 2. The Morgan fingerprint density at radius 2 is 1.88 bits per heavy atom. The maximum atomic E-state index is 13.4. The Labute approximate surface area is 196 Å². The average molecular weight is 459 g/mol. The van der Waals surface area contributed by atoms with Crippen molar-refractivity contribution >= 4 is 39.9 Å². The minimum Gasteiger partial charge on any atom is -0.351 e. The van der Waals surface area contributed by atoms with Gasteiger partial charge in [0.25, 0.3) is 5.91 Å². The number of carbonyl (C=O) groups is 2. The lowest BCUT2D eigenvalue weighted by Gasteiger charge is -2.29. The van der Waals surface area contributed by atoms with Crippen LogP contribution in [0.25, 0.3) is 11.0 Å². The fourth-order valence-corrected chi connectivity index (χ4v) is 5.09. The summed E-state index contributed by atoms with van der Waals surface area (Å²) in [5, 5.41) is 4.87. The molecule has 0 saturated carbocycles. The second-order valence-electron chi connectivity index (χ2n) is 8.22. The number of thiophene rings is 1. The molecule has 1 aliphatic heterocycles. The highest BCUT2D eigenvalue weighted by Crippen LogP contribution is 2.27. The molecule has 0 radical (unpaired) electrons. The van der Waals surface area contributed by atoms with Crippen molar-refractivity contribution in [2.24, 2.45) is 0 Å². The van der Waals surface area contributed by atoms with Gasteiger partial charge in [0.1, 0.15) is 12.4 Å². The van der Waals surface area contributed by atoms with E-state index in [1.54, 1.807) is 0 Å². The van der Waals surface area contributed by atoms with E-state index in [0.717, 1.165) is 53.2 Å². The number of fused-ring (bicyclic) bond motifs is 2. The van der Waals surface area contributed by atoms with Gasteiger partial charge >= 0.3 is 0 Å². The highest BCUT2D eigenvalue weighted by atomic mass is 32.1. The third-order valence-corrected chi connectivity index (χ3v) is 6.91.